The van der Waals surface area contributed by atoms with E-state index in [1.54, 1.807) is 12.1 Å². The second kappa shape index (κ2) is 17.0. The molecule has 2 atom stereocenters. The minimum Gasteiger partial charge on any atom is -0.479 e. The van der Waals surface area contributed by atoms with Gasteiger partial charge >= 0.3 is 23.9 Å². The van der Waals surface area contributed by atoms with Crippen LogP contribution in [0.5, 0.6) is 5.75 Å². The third kappa shape index (κ3) is 9.64. The fourth-order valence-electron chi connectivity index (χ4n) is 6.48. The van der Waals surface area contributed by atoms with Crippen molar-refractivity contribution in [3.63, 3.8) is 0 Å². The van der Waals surface area contributed by atoms with E-state index < -0.39 is 36.4 Å². The number of carboxylic acid groups (broad SMARTS) is 2. The number of ether oxygens (including phenoxy) is 4. The summed E-state index contributed by atoms with van der Waals surface area (Å²) in [6.07, 6.45) is 7.36. The van der Waals surface area contributed by atoms with Crippen molar-refractivity contribution in [2.45, 2.75) is 82.2 Å². The lowest BCUT2D eigenvalue weighted by molar-refractivity contribution is -0.156. The normalized spacial score (nSPS) is 21.8. The number of esters is 2. The Morgan fingerprint density at radius 2 is 1.27 bits per heavy atom. The molecule has 1 saturated heterocycles. The molecule has 0 radical (unpaired) electrons. The first-order valence-electron chi connectivity index (χ1n) is 16.8. The van der Waals surface area contributed by atoms with Gasteiger partial charge in [0, 0.05) is 11.6 Å². The summed E-state index contributed by atoms with van der Waals surface area (Å²) < 4.78 is 21.1. The lowest BCUT2D eigenvalue weighted by atomic mass is 9.77. The minimum atomic E-state index is -1.63. The number of unbranched alkanes of at least 4 members (excludes halogenated alkanes) is 3. The monoisotopic (exact) mass is 670 g/mol. The Hall–Kier alpha value is -4.80. The van der Waals surface area contributed by atoms with Crippen LogP contribution in [0.15, 0.2) is 85.5 Å². The number of hydrogen-bond donors (Lipinski definition) is 2. The van der Waals surface area contributed by atoms with Crippen LogP contribution in [-0.4, -0.2) is 52.9 Å². The van der Waals surface area contributed by atoms with E-state index in [1.165, 1.54) is 80.9 Å². The molecule has 0 aromatic heterocycles. The van der Waals surface area contributed by atoms with Crippen LogP contribution in [0.2, 0.25) is 0 Å². The van der Waals surface area contributed by atoms with Gasteiger partial charge in [-0.3, -0.25) is 0 Å². The highest BCUT2D eigenvalue weighted by atomic mass is 16.7. The largest absolute Gasteiger partial charge is 0.479 e. The van der Waals surface area contributed by atoms with Gasteiger partial charge in [-0.1, -0.05) is 80.8 Å². The molecule has 1 aliphatic carbocycles. The summed E-state index contributed by atoms with van der Waals surface area (Å²) in [6.45, 7) is 3.88. The highest BCUT2D eigenvalue weighted by molar-refractivity contribution is 5.91. The number of carbonyl (C=O) groups is 4. The molecule has 2 fully saturated rings. The summed E-state index contributed by atoms with van der Waals surface area (Å²) in [7, 11) is 0. The molecule has 2 aliphatic rings. The van der Waals surface area contributed by atoms with Crippen molar-refractivity contribution in [3.05, 3.63) is 102 Å². The average Bonchev–Trinajstić information content (AvgIpc) is 3.59. The topological polar surface area (TPSA) is 146 Å². The Balaban J connectivity index is 1.05. The van der Waals surface area contributed by atoms with Gasteiger partial charge in [0.2, 0.25) is 0 Å². The van der Waals surface area contributed by atoms with E-state index in [2.05, 4.69) is 30.8 Å². The first kappa shape index (κ1) is 35.5. The molecule has 3 aromatic rings. The lowest BCUT2D eigenvalue weighted by Gasteiger charge is -2.29. The van der Waals surface area contributed by atoms with Crippen molar-refractivity contribution in [2.24, 2.45) is 5.92 Å². The van der Waals surface area contributed by atoms with Crippen molar-refractivity contribution in [1.29, 1.82) is 0 Å². The van der Waals surface area contributed by atoms with E-state index in [4.69, 9.17) is 18.9 Å². The van der Waals surface area contributed by atoms with Gasteiger partial charge in [0.15, 0.2) is 18.5 Å². The smallest absolute Gasteiger partial charge is 0.343 e. The maximum Gasteiger partial charge on any atom is 0.343 e. The average molecular weight is 671 g/mol. The molecule has 258 valence electrons. The Morgan fingerprint density at radius 3 is 1.84 bits per heavy atom. The molecule has 0 amide bonds. The van der Waals surface area contributed by atoms with E-state index in [-0.39, 0.29) is 11.7 Å². The van der Waals surface area contributed by atoms with Crippen molar-refractivity contribution in [1.82, 2.24) is 0 Å². The standard InChI is InChI=1S/C39H42O10/c1-2-33(40)46-24-6-4-3-5-7-25-8-10-26(11-9-25)27-12-14-28(15-13-27)29-16-18-30(19-17-29)38(45)47-32-22-20-31(21-23-32)39-48-34(36(41)42)35(49-39)37(43)44/h2,12-23,25-26,34-35,39H,1,3-11,24H2,(H,41,42)(H,43,44). The highest BCUT2D eigenvalue weighted by Crippen LogP contribution is 2.38. The maximum absolute atomic E-state index is 12.8. The zero-order valence-corrected chi connectivity index (χ0v) is 27.3. The molecule has 0 spiro atoms. The molecule has 5 rings (SSSR count). The molecule has 0 bridgehead atoms. The van der Waals surface area contributed by atoms with Gasteiger partial charge < -0.3 is 29.2 Å². The van der Waals surface area contributed by atoms with Crippen molar-refractivity contribution in [3.8, 4) is 16.9 Å². The SMILES string of the molecule is C=CC(=O)OCCCCCCC1CCC(c2ccc(-c3ccc(C(=O)Oc4ccc(C5OC(C(=O)O)C(C(=O)O)O5)cc4)cc3)cc2)CC1. The molecule has 2 N–H and O–H groups in total. The van der Waals surface area contributed by atoms with Crippen LogP contribution < -0.4 is 4.74 Å². The molecule has 3 aromatic carbocycles. The van der Waals surface area contributed by atoms with Gasteiger partial charge in [0.1, 0.15) is 5.75 Å². The number of carboxylic acids is 2. The summed E-state index contributed by atoms with van der Waals surface area (Å²) in [5.41, 5.74) is 4.20. The van der Waals surface area contributed by atoms with Crippen LogP contribution in [0.25, 0.3) is 11.1 Å². The summed E-state index contributed by atoms with van der Waals surface area (Å²) in [6, 6.07) is 22.0. The highest BCUT2D eigenvalue weighted by Gasteiger charge is 2.46. The number of benzene rings is 3. The van der Waals surface area contributed by atoms with Crippen LogP contribution in [0, 0.1) is 5.92 Å². The third-order valence-electron chi connectivity index (χ3n) is 9.27. The summed E-state index contributed by atoms with van der Waals surface area (Å²) in [5, 5.41) is 18.4. The lowest BCUT2D eigenvalue weighted by Crippen LogP contribution is -2.36. The van der Waals surface area contributed by atoms with Crippen LogP contribution in [0.1, 0.15) is 91.5 Å². The maximum atomic E-state index is 12.8. The first-order chi connectivity index (χ1) is 23.7. The van der Waals surface area contributed by atoms with E-state index in [0.29, 0.717) is 23.7 Å². The molecule has 1 heterocycles. The molecule has 10 nitrogen and oxygen atoms in total. The predicted molar refractivity (Wildman–Crippen MR) is 180 cm³/mol. The van der Waals surface area contributed by atoms with E-state index in [9.17, 15) is 29.4 Å². The molecule has 49 heavy (non-hydrogen) atoms. The molecule has 2 unspecified atom stereocenters. The fraction of sp³-hybridized carbons (Fsp3) is 0.385. The fourth-order valence-corrected chi connectivity index (χ4v) is 6.48. The van der Waals surface area contributed by atoms with Crippen molar-refractivity contribution in [2.75, 3.05) is 6.61 Å². The van der Waals surface area contributed by atoms with Gasteiger partial charge in [-0.15, -0.1) is 0 Å². The molecular weight excluding hydrogens is 628 g/mol. The zero-order chi connectivity index (χ0) is 34.8. The van der Waals surface area contributed by atoms with E-state index in [0.717, 1.165) is 29.9 Å². The predicted octanol–water partition coefficient (Wildman–Crippen LogP) is 7.48. The number of hydrogen-bond acceptors (Lipinski definition) is 8. The number of rotatable bonds is 15. The van der Waals surface area contributed by atoms with Gasteiger partial charge in [-0.05, 0) is 84.9 Å². The van der Waals surface area contributed by atoms with Crippen molar-refractivity contribution >= 4 is 23.9 Å². The van der Waals surface area contributed by atoms with Gasteiger partial charge in [0.05, 0.1) is 12.2 Å². The molecule has 1 aliphatic heterocycles. The van der Waals surface area contributed by atoms with Crippen molar-refractivity contribution < 1.29 is 48.3 Å². The number of aliphatic carboxylic acids is 2. The van der Waals surface area contributed by atoms with Crippen LogP contribution in [-0.2, 0) is 28.6 Å². The minimum absolute atomic E-state index is 0.255. The summed E-state index contributed by atoms with van der Waals surface area (Å²) in [4.78, 5) is 46.5. The Labute approximate surface area is 285 Å². The van der Waals surface area contributed by atoms with Crippen LogP contribution in [0.3, 0.4) is 0 Å². The molecular formula is C39H42O10. The molecule has 10 heteroatoms. The zero-order valence-electron chi connectivity index (χ0n) is 27.3. The third-order valence-corrected chi connectivity index (χ3v) is 9.27. The summed E-state index contributed by atoms with van der Waals surface area (Å²) >= 11 is 0. The van der Waals surface area contributed by atoms with Gasteiger partial charge in [0.25, 0.3) is 0 Å². The first-order valence-corrected chi connectivity index (χ1v) is 16.8. The Bertz CT molecular complexity index is 1570. The quantitative estimate of drug-likeness (QED) is 0.0722. The van der Waals surface area contributed by atoms with Gasteiger partial charge in [-0.25, -0.2) is 19.2 Å². The second-order valence-corrected chi connectivity index (χ2v) is 12.6. The Kier molecular flexibility index (Phi) is 12.3. The number of carbonyl (C=O) groups excluding carboxylic acids is 2. The van der Waals surface area contributed by atoms with E-state index >= 15 is 0 Å². The second-order valence-electron chi connectivity index (χ2n) is 12.6. The van der Waals surface area contributed by atoms with Crippen LogP contribution >= 0.6 is 0 Å². The Morgan fingerprint density at radius 1 is 0.714 bits per heavy atom. The van der Waals surface area contributed by atoms with E-state index in [1.807, 2.05) is 12.1 Å². The van der Waals surface area contributed by atoms with Crippen LogP contribution in [0.4, 0.5) is 0 Å². The van der Waals surface area contributed by atoms with Gasteiger partial charge in [-0.2, -0.15) is 0 Å². The summed E-state index contributed by atoms with van der Waals surface area (Å²) in [5.74, 6) is -2.12. The molecule has 1 saturated carbocycles.